The van der Waals surface area contributed by atoms with E-state index >= 15 is 0 Å². The van der Waals surface area contributed by atoms with Gasteiger partial charge < -0.3 is 9.47 Å². The molecule has 1 rings (SSSR count). The zero-order valence-electron chi connectivity index (χ0n) is 9.91. The lowest BCUT2D eigenvalue weighted by Gasteiger charge is -2.12. The van der Waals surface area contributed by atoms with E-state index in [1.165, 1.54) is 26.4 Å². The second-order valence-electron chi connectivity index (χ2n) is 3.58. The molecule has 0 aliphatic rings. The van der Waals surface area contributed by atoms with Crippen molar-refractivity contribution in [2.45, 2.75) is 6.42 Å². The van der Waals surface area contributed by atoms with Crippen LogP contribution >= 0.6 is 15.9 Å². The predicted molar refractivity (Wildman–Crippen MR) is 65.3 cm³/mol. The van der Waals surface area contributed by atoms with Crippen LogP contribution in [-0.4, -0.2) is 26.2 Å². The van der Waals surface area contributed by atoms with Crippen molar-refractivity contribution in [2.24, 2.45) is 5.92 Å². The maximum atomic E-state index is 13.2. The van der Waals surface area contributed by atoms with Crippen LogP contribution < -0.4 is 0 Å². The van der Waals surface area contributed by atoms with Crippen LogP contribution in [0, 0.1) is 11.7 Å². The standard InChI is InChI=1S/C12H12BrFO4/c1-17-11(15)10(12(16)18-2)5-7-3-8(13)6-9(14)4-7/h3-4,6,10H,5H2,1-2H3. The molecule has 0 radical (unpaired) electrons. The van der Waals surface area contributed by atoms with Gasteiger partial charge in [-0.3, -0.25) is 9.59 Å². The first-order valence-electron chi connectivity index (χ1n) is 5.08. The lowest BCUT2D eigenvalue weighted by Crippen LogP contribution is -2.28. The topological polar surface area (TPSA) is 52.6 Å². The van der Waals surface area contributed by atoms with E-state index in [2.05, 4.69) is 25.4 Å². The van der Waals surface area contributed by atoms with E-state index < -0.39 is 23.7 Å². The van der Waals surface area contributed by atoms with E-state index in [4.69, 9.17) is 0 Å². The van der Waals surface area contributed by atoms with Crippen molar-refractivity contribution < 1.29 is 23.5 Å². The van der Waals surface area contributed by atoms with Gasteiger partial charge in [-0.05, 0) is 30.2 Å². The molecule has 0 saturated heterocycles. The van der Waals surface area contributed by atoms with Gasteiger partial charge in [0.15, 0.2) is 5.92 Å². The highest BCUT2D eigenvalue weighted by Gasteiger charge is 2.29. The number of carbonyl (C=O) groups is 2. The quantitative estimate of drug-likeness (QED) is 0.630. The minimum absolute atomic E-state index is 0.0235. The summed E-state index contributed by atoms with van der Waals surface area (Å²) in [6, 6.07) is 4.17. The van der Waals surface area contributed by atoms with Gasteiger partial charge in [-0.2, -0.15) is 0 Å². The molecule has 0 atom stereocenters. The molecule has 1 aromatic rings. The molecule has 0 saturated carbocycles. The number of halogens is 2. The molecule has 0 aliphatic carbocycles. The number of benzene rings is 1. The van der Waals surface area contributed by atoms with E-state index in [0.29, 0.717) is 10.0 Å². The summed E-state index contributed by atoms with van der Waals surface area (Å²) in [5.41, 5.74) is 0.502. The molecule has 0 aliphatic heterocycles. The molecule has 0 unspecified atom stereocenters. The van der Waals surface area contributed by atoms with Crippen molar-refractivity contribution in [2.75, 3.05) is 14.2 Å². The minimum Gasteiger partial charge on any atom is -0.468 e. The molecule has 0 fully saturated rings. The first-order valence-corrected chi connectivity index (χ1v) is 5.88. The first kappa shape index (κ1) is 14.6. The Morgan fingerprint density at radius 3 is 2.22 bits per heavy atom. The Morgan fingerprint density at radius 1 is 1.22 bits per heavy atom. The molecule has 0 aromatic heterocycles. The van der Waals surface area contributed by atoms with Crippen LogP contribution in [0.25, 0.3) is 0 Å². The third-order valence-corrected chi connectivity index (χ3v) is 2.79. The highest BCUT2D eigenvalue weighted by atomic mass is 79.9. The van der Waals surface area contributed by atoms with Crippen molar-refractivity contribution in [1.82, 2.24) is 0 Å². The summed E-state index contributed by atoms with van der Waals surface area (Å²) in [7, 11) is 2.36. The average Bonchev–Trinajstić information content (AvgIpc) is 2.33. The molecular weight excluding hydrogens is 307 g/mol. The summed E-state index contributed by atoms with van der Waals surface area (Å²) in [5, 5.41) is 0. The summed E-state index contributed by atoms with van der Waals surface area (Å²) in [6.07, 6.45) is 0.0235. The van der Waals surface area contributed by atoms with E-state index in [-0.39, 0.29) is 6.42 Å². The third kappa shape index (κ3) is 3.80. The van der Waals surface area contributed by atoms with Crippen LogP contribution in [0.3, 0.4) is 0 Å². The van der Waals surface area contributed by atoms with Crippen LogP contribution in [0.1, 0.15) is 5.56 Å². The fourth-order valence-corrected chi connectivity index (χ4v) is 2.02. The van der Waals surface area contributed by atoms with Crippen molar-refractivity contribution >= 4 is 27.9 Å². The number of ether oxygens (including phenoxy) is 2. The second-order valence-corrected chi connectivity index (χ2v) is 4.50. The van der Waals surface area contributed by atoms with Crippen LogP contribution in [0.5, 0.6) is 0 Å². The van der Waals surface area contributed by atoms with Gasteiger partial charge in [0.25, 0.3) is 0 Å². The molecule has 0 spiro atoms. The lowest BCUT2D eigenvalue weighted by molar-refractivity contribution is -0.158. The van der Waals surface area contributed by atoms with E-state index in [0.717, 1.165) is 0 Å². The normalized spacial score (nSPS) is 10.3. The molecule has 1 aromatic carbocycles. The maximum absolute atomic E-state index is 13.2. The van der Waals surface area contributed by atoms with Gasteiger partial charge in [-0.25, -0.2) is 4.39 Å². The Bertz CT molecular complexity index is 425. The number of methoxy groups -OCH3 is 2. The molecule has 18 heavy (non-hydrogen) atoms. The van der Waals surface area contributed by atoms with Crippen LogP contribution in [0.2, 0.25) is 0 Å². The van der Waals surface area contributed by atoms with Gasteiger partial charge in [-0.1, -0.05) is 15.9 Å². The second kappa shape index (κ2) is 6.49. The first-order chi connectivity index (χ1) is 8.47. The van der Waals surface area contributed by atoms with Gasteiger partial charge in [0.1, 0.15) is 5.82 Å². The van der Waals surface area contributed by atoms with Crippen molar-refractivity contribution in [3.05, 3.63) is 34.1 Å². The van der Waals surface area contributed by atoms with Crippen molar-refractivity contribution in [3.63, 3.8) is 0 Å². The Hall–Kier alpha value is -1.43. The van der Waals surface area contributed by atoms with Gasteiger partial charge in [0.2, 0.25) is 0 Å². The number of esters is 2. The summed E-state index contributed by atoms with van der Waals surface area (Å²) >= 11 is 3.14. The Balaban J connectivity index is 2.95. The minimum atomic E-state index is -1.09. The molecule has 0 amide bonds. The Kier molecular flexibility index (Phi) is 5.27. The highest BCUT2D eigenvalue weighted by molar-refractivity contribution is 9.10. The highest BCUT2D eigenvalue weighted by Crippen LogP contribution is 2.19. The van der Waals surface area contributed by atoms with Gasteiger partial charge in [0.05, 0.1) is 14.2 Å². The molecule has 0 heterocycles. The van der Waals surface area contributed by atoms with E-state index in [9.17, 15) is 14.0 Å². The third-order valence-electron chi connectivity index (χ3n) is 2.33. The zero-order chi connectivity index (χ0) is 13.7. The van der Waals surface area contributed by atoms with Crippen LogP contribution in [-0.2, 0) is 25.5 Å². The van der Waals surface area contributed by atoms with Gasteiger partial charge in [-0.15, -0.1) is 0 Å². The van der Waals surface area contributed by atoms with Crippen LogP contribution in [0.4, 0.5) is 4.39 Å². The molecule has 4 nitrogen and oxygen atoms in total. The lowest BCUT2D eigenvalue weighted by atomic mass is 9.99. The largest absolute Gasteiger partial charge is 0.468 e. The molecule has 0 bridgehead atoms. The van der Waals surface area contributed by atoms with Gasteiger partial charge in [0, 0.05) is 4.47 Å². The monoisotopic (exact) mass is 318 g/mol. The Labute approximate surface area is 112 Å². The summed E-state index contributed by atoms with van der Waals surface area (Å²) in [5.74, 6) is -2.95. The summed E-state index contributed by atoms with van der Waals surface area (Å²) in [6.45, 7) is 0. The molecule has 6 heteroatoms. The summed E-state index contributed by atoms with van der Waals surface area (Å²) in [4.78, 5) is 22.9. The van der Waals surface area contributed by atoms with Gasteiger partial charge >= 0.3 is 11.9 Å². The molecule has 98 valence electrons. The number of rotatable bonds is 4. The van der Waals surface area contributed by atoms with Crippen molar-refractivity contribution in [3.8, 4) is 0 Å². The van der Waals surface area contributed by atoms with Crippen molar-refractivity contribution in [1.29, 1.82) is 0 Å². The molecule has 0 N–H and O–H groups in total. The predicted octanol–water partition coefficient (Wildman–Crippen LogP) is 2.09. The Morgan fingerprint density at radius 2 is 1.78 bits per heavy atom. The number of hydrogen-bond acceptors (Lipinski definition) is 4. The van der Waals surface area contributed by atoms with E-state index in [1.807, 2.05) is 0 Å². The number of hydrogen-bond donors (Lipinski definition) is 0. The molecular formula is C12H12BrFO4. The smallest absolute Gasteiger partial charge is 0.320 e. The fourth-order valence-electron chi connectivity index (χ4n) is 1.51. The van der Waals surface area contributed by atoms with E-state index in [1.54, 1.807) is 6.07 Å². The fraction of sp³-hybridized carbons (Fsp3) is 0.333. The maximum Gasteiger partial charge on any atom is 0.320 e. The number of carbonyl (C=O) groups excluding carboxylic acids is 2. The average molecular weight is 319 g/mol. The summed E-state index contributed by atoms with van der Waals surface area (Å²) < 4.78 is 22.8. The van der Waals surface area contributed by atoms with Crippen LogP contribution in [0.15, 0.2) is 22.7 Å². The SMILES string of the molecule is COC(=O)C(Cc1cc(F)cc(Br)c1)C(=O)OC. The zero-order valence-corrected chi connectivity index (χ0v) is 11.5.